The van der Waals surface area contributed by atoms with Crippen LogP contribution in [0, 0.1) is 29.1 Å². The van der Waals surface area contributed by atoms with Gasteiger partial charge in [-0.1, -0.05) is 37.0 Å². The minimum absolute atomic E-state index is 0.139. The fraction of sp³-hybridized carbons (Fsp3) is 0.250. The normalized spacial score (nSPS) is 10.8. The summed E-state index contributed by atoms with van der Waals surface area (Å²) >= 11 is 0. The Labute approximate surface area is 79.0 Å². The fourth-order valence-corrected chi connectivity index (χ4v) is 0.918. The number of hydrogen-bond acceptors (Lipinski definition) is 1. The molecule has 0 spiro atoms. The predicted octanol–water partition coefficient (Wildman–Crippen LogP) is 2.59. The quantitative estimate of drug-likeness (QED) is 0.593. The lowest BCUT2D eigenvalue weighted by molar-refractivity contribution is 0.814. The summed E-state index contributed by atoms with van der Waals surface area (Å²) in [5.41, 5.74) is 0.969. The third kappa shape index (κ3) is 3.01. The van der Waals surface area contributed by atoms with Gasteiger partial charge in [-0.3, -0.25) is 0 Å². The molecule has 0 heterocycles. The Balaban J connectivity index is 2.74. The molecular weight excluding hydrogens is 158 g/mol. The highest BCUT2D eigenvalue weighted by molar-refractivity contribution is 5.34. The van der Waals surface area contributed by atoms with Crippen LogP contribution in [-0.4, -0.2) is 0 Å². The number of hydrogen-bond donors (Lipinski definition) is 0. The molecule has 1 nitrogen and oxygen atoms in total. The molecule has 0 aliphatic rings. The second-order valence-corrected chi connectivity index (χ2v) is 2.73. The van der Waals surface area contributed by atoms with E-state index in [0.717, 1.165) is 12.0 Å². The molecule has 0 saturated carbocycles. The standard InChI is InChI=1S/C12H11N/c1-2-11(10-13)8-9-12-6-4-3-5-7-12/h3-7,11H,2H2,1H3. The Morgan fingerprint density at radius 3 is 2.54 bits per heavy atom. The van der Waals surface area contributed by atoms with Gasteiger partial charge in [-0.05, 0) is 18.6 Å². The van der Waals surface area contributed by atoms with Crippen LogP contribution in [0.15, 0.2) is 30.3 Å². The molecule has 1 rings (SSSR count). The maximum Gasteiger partial charge on any atom is 0.107 e. The smallest absolute Gasteiger partial charge is 0.107 e. The van der Waals surface area contributed by atoms with Crippen LogP contribution in [0.5, 0.6) is 0 Å². The first kappa shape index (κ1) is 9.36. The summed E-state index contributed by atoms with van der Waals surface area (Å²) < 4.78 is 0. The third-order valence-corrected chi connectivity index (χ3v) is 1.73. The van der Waals surface area contributed by atoms with E-state index >= 15 is 0 Å². The molecule has 1 heteroatoms. The Bertz CT molecular complexity index is 348. The number of nitriles is 1. The first-order valence-corrected chi connectivity index (χ1v) is 4.33. The summed E-state index contributed by atoms with van der Waals surface area (Å²) in [6.07, 6.45) is 0.788. The van der Waals surface area contributed by atoms with Crippen LogP contribution >= 0.6 is 0 Å². The van der Waals surface area contributed by atoms with Crippen molar-refractivity contribution in [2.45, 2.75) is 13.3 Å². The van der Waals surface area contributed by atoms with Crippen molar-refractivity contribution in [3.63, 3.8) is 0 Å². The maximum absolute atomic E-state index is 8.65. The molecule has 1 aromatic carbocycles. The second kappa shape index (κ2) is 5.01. The number of rotatable bonds is 1. The van der Waals surface area contributed by atoms with Crippen molar-refractivity contribution in [1.82, 2.24) is 0 Å². The van der Waals surface area contributed by atoms with E-state index < -0.39 is 0 Å². The Hall–Kier alpha value is -1.73. The van der Waals surface area contributed by atoms with Crippen LogP contribution in [0.4, 0.5) is 0 Å². The number of nitrogens with zero attached hydrogens (tertiary/aromatic N) is 1. The van der Waals surface area contributed by atoms with Crippen LogP contribution in [0.3, 0.4) is 0 Å². The lowest BCUT2D eigenvalue weighted by Gasteiger charge is -1.91. The van der Waals surface area contributed by atoms with Gasteiger partial charge in [0.05, 0.1) is 6.07 Å². The molecule has 0 saturated heterocycles. The fourth-order valence-electron chi connectivity index (χ4n) is 0.918. The zero-order valence-electron chi connectivity index (χ0n) is 7.62. The molecular formula is C12H11N. The van der Waals surface area contributed by atoms with E-state index in [1.165, 1.54) is 0 Å². The summed E-state index contributed by atoms with van der Waals surface area (Å²) in [6.45, 7) is 1.97. The van der Waals surface area contributed by atoms with E-state index in [4.69, 9.17) is 5.26 Å². The second-order valence-electron chi connectivity index (χ2n) is 2.73. The van der Waals surface area contributed by atoms with Gasteiger partial charge in [0.15, 0.2) is 0 Å². The maximum atomic E-state index is 8.65. The van der Waals surface area contributed by atoms with Gasteiger partial charge >= 0.3 is 0 Å². The molecule has 0 aromatic heterocycles. The minimum Gasteiger partial charge on any atom is -0.197 e. The van der Waals surface area contributed by atoms with Crippen molar-refractivity contribution in [3.05, 3.63) is 35.9 Å². The van der Waals surface area contributed by atoms with Gasteiger partial charge in [0.2, 0.25) is 0 Å². The summed E-state index contributed by atoms with van der Waals surface area (Å²) in [7, 11) is 0. The highest BCUT2D eigenvalue weighted by atomic mass is 14.2. The van der Waals surface area contributed by atoms with Crippen molar-refractivity contribution in [2.24, 2.45) is 5.92 Å². The third-order valence-electron chi connectivity index (χ3n) is 1.73. The van der Waals surface area contributed by atoms with E-state index in [9.17, 15) is 0 Å². The van der Waals surface area contributed by atoms with Crippen LogP contribution in [-0.2, 0) is 0 Å². The molecule has 1 unspecified atom stereocenters. The van der Waals surface area contributed by atoms with Crippen LogP contribution in [0.25, 0.3) is 0 Å². The van der Waals surface area contributed by atoms with Crippen LogP contribution < -0.4 is 0 Å². The van der Waals surface area contributed by atoms with Gasteiger partial charge in [0.1, 0.15) is 5.92 Å². The number of benzene rings is 1. The van der Waals surface area contributed by atoms with E-state index in [0.29, 0.717) is 0 Å². The molecule has 13 heavy (non-hydrogen) atoms. The molecule has 0 aliphatic heterocycles. The molecule has 0 aliphatic carbocycles. The van der Waals surface area contributed by atoms with Gasteiger partial charge in [-0.25, -0.2) is 0 Å². The molecule has 64 valence electrons. The molecule has 0 fully saturated rings. The van der Waals surface area contributed by atoms with E-state index in [1.54, 1.807) is 0 Å². The predicted molar refractivity (Wildman–Crippen MR) is 52.7 cm³/mol. The van der Waals surface area contributed by atoms with E-state index in [2.05, 4.69) is 17.9 Å². The lowest BCUT2D eigenvalue weighted by atomic mass is 10.1. The summed E-state index contributed by atoms with van der Waals surface area (Å²) in [4.78, 5) is 0. The molecule has 0 radical (unpaired) electrons. The van der Waals surface area contributed by atoms with Crippen molar-refractivity contribution < 1.29 is 0 Å². The Kier molecular flexibility index (Phi) is 3.61. The largest absolute Gasteiger partial charge is 0.197 e. The minimum atomic E-state index is -0.139. The van der Waals surface area contributed by atoms with Crippen LogP contribution in [0.2, 0.25) is 0 Å². The van der Waals surface area contributed by atoms with Crippen molar-refractivity contribution in [2.75, 3.05) is 0 Å². The van der Waals surface area contributed by atoms with Gasteiger partial charge in [0.25, 0.3) is 0 Å². The highest BCUT2D eigenvalue weighted by Crippen LogP contribution is 2.00. The lowest BCUT2D eigenvalue weighted by Crippen LogP contribution is -1.88. The summed E-state index contributed by atoms with van der Waals surface area (Å²) in [5.74, 6) is 5.76. The van der Waals surface area contributed by atoms with Crippen molar-refractivity contribution in [1.29, 1.82) is 5.26 Å². The molecule has 0 amide bonds. The highest BCUT2D eigenvalue weighted by Gasteiger charge is 1.95. The average Bonchev–Trinajstić information content (AvgIpc) is 2.21. The summed E-state index contributed by atoms with van der Waals surface area (Å²) in [5, 5.41) is 8.65. The first-order chi connectivity index (χ1) is 6.36. The zero-order chi connectivity index (χ0) is 9.52. The van der Waals surface area contributed by atoms with Crippen molar-refractivity contribution >= 4 is 0 Å². The Morgan fingerprint density at radius 2 is 2.00 bits per heavy atom. The van der Waals surface area contributed by atoms with Gasteiger partial charge in [0, 0.05) is 5.56 Å². The first-order valence-electron chi connectivity index (χ1n) is 4.33. The van der Waals surface area contributed by atoms with Gasteiger partial charge in [-0.2, -0.15) is 5.26 Å². The summed E-state index contributed by atoms with van der Waals surface area (Å²) in [6, 6.07) is 11.9. The van der Waals surface area contributed by atoms with E-state index in [1.807, 2.05) is 37.3 Å². The monoisotopic (exact) mass is 169 g/mol. The zero-order valence-corrected chi connectivity index (χ0v) is 7.62. The molecule has 0 bridgehead atoms. The van der Waals surface area contributed by atoms with Crippen LogP contribution in [0.1, 0.15) is 18.9 Å². The Morgan fingerprint density at radius 1 is 1.31 bits per heavy atom. The molecule has 0 N–H and O–H groups in total. The van der Waals surface area contributed by atoms with Gasteiger partial charge in [-0.15, -0.1) is 0 Å². The SMILES string of the molecule is CCC(C#N)C#Cc1ccccc1. The van der Waals surface area contributed by atoms with Gasteiger partial charge < -0.3 is 0 Å². The topological polar surface area (TPSA) is 23.8 Å². The van der Waals surface area contributed by atoms with E-state index in [-0.39, 0.29) is 5.92 Å². The van der Waals surface area contributed by atoms with Crippen molar-refractivity contribution in [3.8, 4) is 17.9 Å². The molecule has 1 atom stereocenters. The average molecular weight is 169 g/mol. The molecule has 1 aromatic rings.